The molecular formula is C20H34O5. The smallest absolute Gasteiger partial charge is 0.303 e. The van der Waals surface area contributed by atoms with Gasteiger partial charge in [0, 0.05) is 24.2 Å². The summed E-state index contributed by atoms with van der Waals surface area (Å²) in [5, 5.41) is 39.3. The van der Waals surface area contributed by atoms with Crippen LogP contribution in [0.1, 0.15) is 70.1 Å². The number of aliphatic hydroxyl groups is 3. The molecule has 0 amide bonds. The Morgan fingerprint density at radius 2 is 2.04 bits per heavy atom. The average Bonchev–Trinajstić information content (AvgIpc) is 2.85. The van der Waals surface area contributed by atoms with E-state index < -0.39 is 55.3 Å². The van der Waals surface area contributed by atoms with Crippen molar-refractivity contribution in [3.8, 4) is 0 Å². The lowest BCUT2D eigenvalue weighted by Gasteiger charge is -2.19. The molecule has 0 saturated heterocycles. The highest BCUT2D eigenvalue weighted by atomic mass is 16.4. The number of unbranched alkanes of at least 4 members (excludes halogenated alkanes) is 2. The van der Waals surface area contributed by atoms with Gasteiger partial charge < -0.3 is 20.4 Å². The number of allylic oxidation sites excluding steroid dienone is 2. The summed E-state index contributed by atoms with van der Waals surface area (Å²) in [6.07, 6.45) is 1.45. The van der Waals surface area contributed by atoms with Gasteiger partial charge in [-0.05, 0) is 31.5 Å². The Kier molecular flexibility index (Phi) is 7.84. The number of hydrogen-bond acceptors (Lipinski definition) is 4. The van der Waals surface area contributed by atoms with Crippen LogP contribution in [-0.4, -0.2) is 44.7 Å². The van der Waals surface area contributed by atoms with E-state index >= 15 is 0 Å². The van der Waals surface area contributed by atoms with Crippen molar-refractivity contribution in [1.82, 2.24) is 0 Å². The summed E-state index contributed by atoms with van der Waals surface area (Å²) < 4.78 is 31.0. The van der Waals surface area contributed by atoms with E-state index in [9.17, 15) is 20.1 Å². The van der Waals surface area contributed by atoms with Gasteiger partial charge in [-0.25, -0.2) is 0 Å². The first-order valence-corrected chi connectivity index (χ1v) is 9.03. The van der Waals surface area contributed by atoms with Gasteiger partial charge >= 0.3 is 5.97 Å². The molecule has 0 aromatic rings. The van der Waals surface area contributed by atoms with E-state index in [-0.39, 0.29) is 12.8 Å². The maximum atomic E-state index is 10.8. The van der Waals surface area contributed by atoms with Crippen molar-refractivity contribution >= 4 is 5.97 Å². The molecule has 1 aliphatic carbocycles. The molecule has 0 bridgehead atoms. The summed E-state index contributed by atoms with van der Waals surface area (Å²) in [6, 6.07) is 0. The van der Waals surface area contributed by atoms with E-state index in [2.05, 4.69) is 6.92 Å². The standard InChI is InChI=1S/C20H34O5/c1-2-3-6-9-15(21)12-13-17-16(18(22)14-19(17)23)10-7-4-5-8-11-20(24)25/h4,7,12-13,15-19,21-23H,2-3,5-6,8-11,14H2,1H3,(H,24,25)/b7-4-,13-12+/t15-,16+,17-,18+,19-/m1/s1/i5D2,8D2. The van der Waals surface area contributed by atoms with Crippen LogP contribution in [0.25, 0.3) is 0 Å². The van der Waals surface area contributed by atoms with E-state index in [1.807, 2.05) is 0 Å². The Labute approximate surface area is 156 Å². The monoisotopic (exact) mass is 358 g/mol. The molecule has 5 nitrogen and oxygen atoms in total. The van der Waals surface area contributed by atoms with Gasteiger partial charge in [-0.3, -0.25) is 4.79 Å². The topological polar surface area (TPSA) is 98.0 Å². The van der Waals surface area contributed by atoms with Gasteiger partial charge in [0.25, 0.3) is 0 Å². The fourth-order valence-corrected chi connectivity index (χ4v) is 3.13. The van der Waals surface area contributed by atoms with Crippen LogP contribution in [0.3, 0.4) is 0 Å². The Balaban J connectivity index is 2.76. The Morgan fingerprint density at radius 3 is 2.72 bits per heavy atom. The minimum atomic E-state index is -2.58. The molecule has 144 valence electrons. The van der Waals surface area contributed by atoms with Crippen LogP contribution in [-0.2, 0) is 4.79 Å². The van der Waals surface area contributed by atoms with Gasteiger partial charge in [0.1, 0.15) is 0 Å². The molecule has 0 spiro atoms. The van der Waals surface area contributed by atoms with Crippen LogP contribution in [0.5, 0.6) is 0 Å². The van der Waals surface area contributed by atoms with Crippen molar-refractivity contribution in [1.29, 1.82) is 0 Å². The second-order valence-corrected chi connectivity index (χ2v) is 6.59. The number of carboxylic acids is 1. The second-order valence-electron chi connectivity index (χ2n) is 6.59. The van der Waals surface area contributed by atoms with Crippen molar-refractivity contribution in [3.63, 3.8) is 0 Å². The van der Waals surface area contributed by atoms with Gasteiger partial charge in [0.05, 0.1) is 18.3 Å². The maximum absolute atomic E-state index is 10.8. The number of hydrogen-bond donors (Lipinski definition) is 4. The number of carboxylic acid groups (broad SMARTS) is 1. The van der Waals surface area contributed by atoms with Gasteiger partial charge in [0.2, 0.25) is 0 Å². The lowest BCUT2D eigenvalue weighted by molar-refractivity contribution is -0.137. The van der Waals surface area contributed by atoms with Crippen LogP contribution in [0, 0.1) is 11.8 Å². The van der Waals surface area contributed by atoms with E-state index in [0.29, 0.717) is 6.42 Å². The van der Waals surface area contributed by atoms with E-state index in [4.69, 9.17) is 10.6 Å². The third-order valence-electron chi connectivity index (χ3n) is 4.53. The van der Waals surface area contributed by atoms with Gasteiger partial charge in [-0.2, -0.15) is 0 Å². The normalized spacial score (nSPS) is 31.7. The fraction of sp³-hybridized carbons (Fsp3) is 0.750. The quantitative estimate of drug-likeness (QED) is 0.317. The summed E-state index contributed by atoms with van der Waals surface area (Å²) in [5.41, 5.74) is 0. The molecule has 0 unspecified atom stereocenters. The van der Waals surface area contributed by atoms with E-state index in [0.717, 1.165) is 25.3 Å². The summed E-state index contributed by atoms with van der Waals surface area (Å²) in [6.45, 7) is 2.08. The van der Waals surface area contributed by atoms with Crippen molar-refractivity contribution < 1.29 is 30.7 Å². The Bertz CT molecular complexity index is 579. The van der Waals surface area contributed by atoms with E-state index in [1.54, 1.807) is 12.2 Å². The molecule has 1 fully saturated rings. The SMILES string of the molecule is [2H]C([2H])(/C=C\C[C@H]1[C@@H](/C=C/[C@H](O)CCCCC)[C@H](O)C[C@@H]1O)C([2H])([2H])CC(=O)O. The van der Waals surface area contributed by atoms with Crippen LogP contribution in [0.2, 0.25) is 0 Å². The van der Waals surface area contributed by atoms with Crippen molar-refractivity contribution in [3.05, 3.63) is 24.3 Å². The van der Waals surface area contributed by atoms with Gasteiger partial charge in [-0.15, -0.1) is 0 Å². The molecule has 5 atom stereocenters. The highest BCUT2D eigenvalue weighted by Crippen LogP contribution is 2.36. The number of carbonyl (C=O) groups is 1. The molecule has 1 rings (SSSR count). The molecule has 4 N–H and O–H groups in total. The maximum Gasteiger partial charge on any atom is 0.303 e. The second kappa shape index (κ2) is 12.2. The zero-order valence-corrected chi connectivity index (χ0v) is 14.8. The number of aliphatic hydroxyl groups excluding tert-OH is 3. The molecule has 5 heteroatoms. The predicted octanol–water partition coefficient (Wildman–Crippen LogP) is 3.04. The molecule has 0 heterocycles. The predicted molar refractivity (Wildman–Crippen MR) is 98.1 cm³/mol. The first-order chi connectivity index (χ1) is 13.4. The van der Waals surface area contributed by atoms with Crippen LogP contribution < -0.4 is 0 Å². The number of rotatable bonds is 12. The molecule has 25 heavy (non-hydrogen) atoms. The van der Waals surface area contributed by atoms with Crippen molar-refractivity contribution in [2.75, 3.05) is 0 Å². The molecule has 1 saturated carbocycles. The zero-order chi connectivity index (χ0) is 22.2. The van der Waals surface area contributed by atoms with Gasteiger partial charge in [-0.1, -0.05) is 50.5 Å². The largest absolute Gasteiger partial charge is 0.481 e. The summed E-state index contributed by atoms with van der Waals surface area (Å²) in [5.74, 6) is -2.23. The van der Waals surface area contributed by atoms with E-state index in [1.165, 1.54) is 6.08 Å². The van der Waals surface area contributed by atoms with Crippen LogP contribution in [0.15, 0.2) is 24.3 Å². The lowest BCUT2D eigenvalue weighted by Crippen LogP contribution is -2.20. The molecule has 0 aromatic heterocycles. The Hall–Kier alpha value is -1.17. The molecule has 1 aliphatic rings. The van der Waals surface area contributed by atoms with Crippen molar-refractivity contribution in [2.24, 2.45) is 11.8 Å². The van der Waals surface area contributed by atoms with Gasteiger partial charge in [0.15, 0.2) is 0 Å². The average molecular weight is 359 g/mol. The minimum Gasteiger partial charge on any atom is -0.481 e. The highest BCUT2D eigenvalue weighted by molar-refractivity contribution is 5.66. The lowest BCUT2D eigenvalue weighted by atomic mass is 9.89. The molecule has 0 radical (unpaired) electrons. The summed E-state index contributed by atoms with van der Waals surface area (Å²) >= 11 is 0. The zero-order valence-electron chi connectivity index (χ0n) is 18.8. The Morgan fingerprint density at radius 1 is 1.28 bits per heavy atom. The first kappa shape index (κ1) is 16.0. The highest BCUT2D eigenvalue weighted by Gasteiger charge is 2.39. The summed E-state index contributed by atoms with van der Waals surface area (Å²) in [4.78, 5) is 10.8. The van der Waals surface area contributed by atoms with Crippen molar-refractivity contribution in [2.45, 2.75) is 82.9 Å². The minimum absolute atomic E-state index is 0.173. The number of aliphatic carboxylic acids is 1. The molecular weight excluding hydrogens is 320 g/mol. The molecule has 0 aromatic carbocycles. The third-order valence-corrected chi connectivity index (χ3v) is 4.53. The summed E-state index contributed by atoms with van der Waals surface area (Å²) in [7, 11) is 0. The first-order valence-electron chi connectivity index (χ1n) is 11.0. The molecule has 0 aliphatic heterocycles. The van der Waals surface area contributed by atoms with Crippen LogP contribution in [0.4, 0.5) is 0 Å². The third kappa shape index (κ3) is 8.66. The van der Waals surface area contributed by atoms with Crippen LogP contribution >= 0.6 is 0 Å². The fourth-order valence-electron chi connectivity index (χ4n) is 3.13.